The summed E-state index contributed by atoms with van der Waals surface area (Å²) in [6.45, 7) is 14.5. The summed E-state index contributed by atoms with van der Waals surface area (Å²) < 4.78 is 0. The van der Waals surface area contributed by atoms with E-state index in [0.717, 1.165) is 23.2 Å². The topological polar surface area (TPSA) is 0 Å². The van der Waals surface area contributed by atoms with E-state index in [1.54, 1.807) is 38.5 Å². The standard InChI is InChI=1S/C11H18.3C2H6/c1-11-5-8-2-9(6-11)4-10(3-8)7-11;3*1-2/h8-10H,2-7H2,1H3;3*1-2H3. The van der Waals surface area contributed by atoms with E-state index in [2.05, 4.69) is 6.92 Å². The molecular weight excluding hydrogens is 204 g/mol. The molecule has 0 aliphatic heterocycles. The second-order valence-corrected chi connectivity index (χ2v) is 5.73. The molecule has 0 aromatic rings. The molecule has 0 N–H and O–H groups in total. The first kappa shape index (κ1) is 17.0. The van der Waals surface area contributed by atoms with Crippen LogP contribution in [0, 0.1) is 23.2 Å². The Morgan fingerprint density at radius 2 is 0.824 bits per heavy atom. The quantitative estimate of drug-likeness (QED) is 0.466. The SMILES string of the molecule is CC.CC.CC.CC12CC3CC(CC(C3)C1)C2. The van der Waals surface area contributed by atoms with Gasteiger partial charge in [-0.15, -0.1) is 0 Å². The molecule has 0 aromatic carbocycles. The molecule has 4 saturated carbocycles. The minimum Gasteiger partial charge on any atom is -0.0683 e. The van der Waals surface area contributed by atoms with Crippen LogP contribution < -0.4 is 0 Å². The molecule has 104 valence electrons. The van der Waals surface area contributed by atoms with Crippen LogP contribution in [-0.4, -0.2) is 0 Å². The highest BCUT2D eigenvalue weighted by Crippen LogP contribution is 2.59. The first-order valence-corrected chi connectivity index (χ1v) is 8.23. The summed E-state index contributed by atoms with van der Waals surface area (Å²) in [5, 5.41) is 0. The summed E-state index contributed by atoms with van der Waals surface area (Å²) in [7, 11) is 0. The maximum absolute atomic E-state index is 2.54. The van der Waals surface area contributed by atoms with Gasteiger partial charge in [0.25, 0.3) is 0 Å². The van der Waals surface area contributed by atoms with E-state index in [9.17, 15) is 0 Å². The van der Waals surface area contributed by atoms with Crippen LogP contribution in [0.25, 0.3) is 0 Å². The molecule has 0 atom stereocenters. The van der Waals surface area contributed by atoms with Crippen molar-refractivity contribution in [3.8, 4) is 0 Å². The van der Waals surface area contributed by atoms with Crippen LogP contribution in [0.3, 0.4) is 0 Å². The fraction of sp³-hybridized carbons (Fsp3) is 1.00. The van der Waals surface area contributed by atoms with Crippen LogP contribution in [0.15, 0.2) is 0 Å². The maximum atomic E-state index is 2.54. The Kier molecular flexibility index (Phi) is 8.16. The molecule has 17 heavy (non-hydrogen) atoms. The summed E-state index contributed by atoms with van der Waals surface area (Å²) in [5.74, 6) is 3.43. The zero-order valence-electron chi connectivity index (χ0n) is 13.5. The minimum absolute atomic E-state index is 0.800. The van der Waals surface area contributed by atoms with Gasteiger partial charge in [0, 0.05) is 0 Å². The molecule has 0 amide bonds. The van der Waals surface area contributed by atoms with Gasteiger partial charge in [-0.2, -0.15) is 0 Å². The lowest BCUT2D eigenvalue weighted by Crippen LogP contribution is -2.44. The van der Waals surface area contributed by atoms with Crippen molar-refractivity contribution in [3.05, 3.63) is 0 Å². The molecule has 0 heterocycles. The predicted molar refractivity (Wildman–Crippen MR) is 80.3 cm³/mol. The Morgan fingerprint density at radius 1 is 0.588 bits per heavy atom. The summed E-state index contributed by atoms with van der Waals surface area (Å²) in [5.41, 5.74) is 0.800. The van der Waals surface area contributed by atoms with Gasteiger partial charge in [-0.1, -0.05) is 48.5 Å². The van der Waals surface area contributed by atoms with Crippen molar-refractivity contribution in [2.75, 3.05) is 0 Å². The Morgan fingerprint density at radius 3 is 1.00 bits per heavy atom. The highest BCUT2D eigenvalue weighted by molar-refractivity contribution is 4.99. The van der Waals surface area contributed by atoms with Crippen molar-refractivity contribution in [2.24, 2.45) is 23.2 Å². The third-order valence-corrected chi connectivity index (χ3v) is 4.34. The third-order valence-electron chi connectivity index (χ3n) is 4.34. The lowest BCUT2D eigenvalue weighted by molar-refractivity contribution is -0.0411. The van der Waals surface area contributed by atoms with Gasteiger partial charge in [0.2, 0.25) is 0 Å². The second-order valence-electron chi connectivity index (χ2n) is 5.73. The van der Waals surface area contributed by atoms with Gasteiger partial charge < -0.3 is 0 Å². The highest BCUT2D eigenvalue weighted by Gasteiger charge is 2.48. The van der Waals surface area contributed by atoms with Crippen LogP contribution in [-0.2, 0) is 0 Å². The number of hydrogen-bond acceptors (Lipinski definition) is 0. The number of rotatable bonds is 0. The lowest BCUT2D eigenvalue weighted by atomic mass is 9.50. The summed E-state index contributed by atoms with van der Waals surface area (Å²) >= 11 is 0. The van der Waals surface area contributed by atoms with E-state index >= 15 is 0 Å². The van der Waals surface area contributed by atoms with Gasteiger partial charge >= 0.3 is 0 Å². The van der Waals surface area contributed by atoms with Crippen LogP contribution in [0.2, 0.25) is 0 Å². The summed E-state index contributed by atoms with van der Waals surface area (Å²) in [4.78, 5) is 0. The molecule has 4 bridgehead atoms. The summed E-state index contributed by atoms with van der Waals surface area (Å²) in [6.07, 6.45) is 9.48. The monoisotopic (exact) mass is 240 g/mol. The van der Waals surface area contributed by atoms with Gasteiger partial charge in [-0.25, -0.2) is 0 Å². The maximum Gasteiger partial charge on any atom is -0.0318 e. The van der Waals surface area contributed by atoms with Gasteiger partial charge in [-0.3, -0.25) is 0 Å². The molecule has 0 nitrogen and oxygen atoms in total. The zero-order chi connectivity index (χ0) is 13.5. The zero-order valence-corrected chi connectivity index (χ0v) is 13.5. The molecular formula is C17H36. The second kappa shape index (κ2) is 8.16. The highest BCUT2D eigenvalue weighted by atomic mass is 14.5. The predicted octanol–water partition coefficient (Wildman–Crippen LogP) is 6.30. The first-order valence-electron chi connectivity index (χ1n) is 8.23. The van der Waals surface area contributed by atoms with Crippen molar-refractivity contribution in [2.45, 2.75) is 87.0 Å². The first-order chi connectivity index (χ1) is 8.23. The van der Waals surface area contributed by atoms with E-state index in [1.807, 2.05) is 41.5 Å². The smallest absolute Gasteiger partial charge is 0.0318 e. The fourth-order valence-corrected chi connectivity index (χ4v) is 4.54. The molecule has 0 radical (unpaired) electrons. The molecule has 0 unspecified atom stereocenters. The Bertz CT molecular complexity index is 145. The molecule has 0 heteroatoms. The van der Waals surface area contributed by atoms with E-state index < -0.39 is 0 Å². The average Bonchev–Trinajstić information content (AvgIpc) is 2.33. The summed E-state index contributed by atoms with van der Waals surface area (Å²) in [6, 6.07) is 0. The van der Waals surface area contributed by atoms with Crippen LogP contribution in [0.4, 0.5) is 0 Å². The van der Waals surface area contributed by atoms with E-state index in [4.69, 9.17) is 0 Å². The largest absolute Gasteiger partial charge is 0.0683 e. The minimum atomic E-state index is 0.800. The van der Waals surface area contributed by atoms with E-state index in [0.29, 0.717) is 0 Å². The van der Waals surface area contributed by atoms with Crippen LogP contribution >= 0.6 is 0 Å². The molecule has 4 fully saturated rings. The number of hydrogen-bond donors (Lipinski definition) is 0. The van der Waals surface area contributed by atoms with Crippen molar-refractivity contribution in [1.82, 2.24) is 0 Å². The molecule has 4 aliphatic carbocycles. The lowest BCUT2D eigenvalue weighted by Gasteiger charge is -2.55. The van der Waals surface area contributed by atoms with E-state index in [-0.39, 0.29) is 0 Å². The fourth-order valence-electron chi connectivity index (χ4n) is 4.54. The van der Waals surface area contributed by atoms with Crippen molar-refractivity contribution >= 4 is 0 Å². The van der Waals surface area contributed by atoms with Crippen LogP contribution in [0.1, 0.15) is 87.0 Å². The van der Waals surface area contributed by atoms with E-state index in [1.165, 1.54) is 0 Å². The Hall–Kier alpha value is 0. The Balaban J connectivity index is 0.000000379. The van der Waals surface area contributed by atoms with Gasteiger partial charge in [0.1, 0.15) is 0 Å². The van der Waals surface area contributed by atoms with Crippen molar-refractivity contribution in [1.29, 1.82) is 0 Å². The van der Waals surface area contributed by atoms with Crippen LogP contribution in [0.5, 0.6) is 0 Å². The van der Waals surface area contributed by atoms with Gasteiger partial charge in [-0.05, 0) is 61.7 Å². The van der Waals surface area contributed by atoms with Crippen molar-refractivity contribution in [3.63, 3.8) is 0 Å². The van der Waals surface area contributed by atoms with Crippen molar-refractivity contribution < 1.29 is 0 Å². The molecule has 4 rings (SSSR count). The third kappa shape index (κ3) is 4.30. The molecule has 0 spiro atoms. The normalized spacial score (nSPS) is 40.1. The average molecular weight is 240 g/mol. The molecule has 4 aliphatic rings. The molecule has 0 aromatic heterocycles. The molecule has 0 saturated heterocycles. The Labute approximate surface area is 111 Å². The van der Waals surface area contributed by atoms with Gasteiger partial charge in [0.05, 0.1) is 0 Å². The van der Waals surface area contributed by atoms with Gasteiger partial charge in [0.15, 0.2) is 0 Å².